The van der Waals surface area contributed by atoms with Crippen molar-refractivity contribution < 1.29 is 0 Å². The van der Waals surface area contributed by atoms with E-state index >= 15 is 0 Å². The summed E-state index contributed by atoms with van der Waals surface area (Å²) < 4.78 is 0. The van der Waals surface area contributed by atoms with Crippen molar-refractivity contribution in [2.75, 3.05) is 0 Å². The van der Waals surface area contributed by atoms with Crippen LogP contribution in [-0.2, 0) is 7.05 Å². The van der Waals surface area contributed by atoms with Crippen LogP contribution >= 0.6 is 11.3 Å². The second-order valence-electron chi connectivity index (χ2n) is 3.11. The number of thiophene rings is 1. The van der Waals surface area contributed by atoms with E-state index in [0.29, 0.717) is 5.82 Å². The molecule has 14 heavy (non-hydrogen) atoms. The van der Waals surface area contributed by atoms with Crippen LogP contribution in [0.15, 0.2) is 11.4 Å². The molecule has 2 heterocycles. The minimum absolute atomic E-state index is 0.270. The fourth-order valence-corrected chi connectivity index (χ4v) is 1.94. The van der Waals surface area contributed by atoms with Gasteiger partial charge in [0.25, 0.3) is 0 Å². The Hall–Kier alpha value is -1.27. The maximum atomic E-state index is 5.97. The predicted octanol–water partition coefficient (Wildman–Crippen LogP) is 0.628. The molecule has 0 saturated carbocycles. The number of aromatic nitrogens is 4. The highest BCUT2D eigenvalue weighted by Crippen LogP contribution is 2.21. The predicted molar refractivity (Wildman–Crippen MR) is 53.9 cm³/mol. The van der Waals surface area contributed by atoms with Crippen LogP contribution in [0.3, 0.4) is 0 Å². The molecule has 1 unspecified atom stereocenters. The second kappa shape index (κ2) is 3.47. The van der Waals surface area contributed by atoms with E-state index in [1.807, 2.05) is 18.4 Å². The van der Waals surface area contributed by atoms with Crippen molar-refractivity contribution >= 4 is 11.3 Å². The van der Waals surface area contributed by atoms with Crippen molar-refractivity contribution in [3.63, 3.8) is 0 Å². The molecule has 2 rings (SSSR count). The molecule has 1 atom stereocenters. The van der Waals surface area contributed by atoms with Gasteiger partial charge in [0.2, 0.25) is 0 Å². The molecule has 0 aliphatic heterocycles. The normalized spacial score (nSPS) is 13.1. The van der Waals surface area contributed by atoms with E-state index in [4.69, 9.17) is 5.73 Å². The lowest BCUT2D eigenvalue weighted by Crippen LogP contribution is -2.13. The molecule has 0 aliphatic rings. The maximum Gasteiger partial charge on any atom is 0.195 e. The minimum Gasteiger partial charge on any atom is -0.317 e. The van der Waals surface area contributed by atoms with Gasteiger partial charge in [-0.25, -0.2) is 0 Å². The van der Waals surface area contributed by atoms with Crippen molar-refractivity contribution in [1.29, 1.82) is 0 Å². The first-order valence-corrected chi connectivity index (χ1v) is 5.09. The third-order valence-corrected chi connectivity index (χ3v) is 2.79. The average Bonchev–Trinajstić information content (AvgIpc) is 2.73. The molecular formula is C8H11N5S. The van der Waals surface area contributed by atoms with Gasteiger partial charge in [-0.1, -0.05) is 0 Å². The summed E-state index contributed by atoms with van der Waals surface area (Å²) in [4.78, 5) is 2.65. The van der Waals surface area contributed by atoms with E-state index in [9.17, 15) is 0 Å². The molecule has 5 nitrogen and oxygen atoms in total. The number of nitrogens with zero attached hydrogens (tertiary/aromatic N) is 4. The Morgan fingerprint density at radius 1 is 1.57 bits per heavy atom. The van der Waals surface area contributed by atoms with Crippen LogP contribution in [0.5, 0.6) is 0 Å². The van der Waals surface area contributed by atoms with Gasteiger partial charge in [-0.3, -0.25) is 0 Å². The maximum absolute atomic E-state index is 5.97. The molecule has 2 aromatic rings. The summed E-state index contributed by atoms with van der Waals surface area (Å²) in [6, 6.07) is 1.78. The van der Waals surface area contributed by atoms with Crippen LogP contribution in [0, 0.1) is 6.92 Å². The summed E-state index contributed by atoms with van der Waals surface area (Å²) in [7, 11) is 1.72. The van der Waals surface area contributed by atoms with Gasteiger partial charge in [0.15, 0.2) is 5.82 Å². The van der Waals surface area contributed by atoms with E-state index in [-0.39, 0.29) is 6.04 Å². The van der Waals surface area contributed by atoms with E-state index < -0.39 is 0 Å². The monoisotopic (exact) mass is 209 g/mol. The summed E-state index contributed by atoms with van der Waals surface area (Å²) >= 11 is 1.67. The molecular weight excluding hydrogens is 198 g/mol. The molecule has 0 aromatic carbocycles. The van der Waals surface area contributed by atoms with Gasteiger partial charge in [0.05, 0.1) is 13.1 Å². The second-order valence-corrected chi connectivity index (χ2v) is 4.22. The van der Waals surface area contributed by atoms with Crippen LogP contribution in [0.25, 0.3) is 0 Å². The lowest BCUT2D eigenvalue weighted by atomic mass is 10.1. The molecule has 0 fully saturated rings. The Morgan fingerprint density at radius 2 is 2.36 bits per heavy atom. The molecule has 0 bridgehead atoms. The number of hydrogen-bond acceptors (Lipinski definition) is 5. The van der Waals surface area contributed by atoms with Gasteiger partial charge in [-0.05, 0) is 29.1 Å². The van der Waals surface area contributed by atoms with Crippen LogP contribution < -0.4 is 5.73 Å². The zero-order valence-corrected chi connectivity index (χ0v) is 8.82. The van der Waals surface area contributed by atoms with Crippen molar-refractivity contribution in [2.24, 2.45) is 12.8 Å². The molecule has 0 aliphatic carbocycles. The quantitative estimate of drug-likeness (QED) is 0.787. The zero-order valence-electron chi connectivity index (χ0n) is 8.01. The zero-order chi connectivity index (χ0) is 10.1. The number of hydrogen-bond donors (Lipinski definition) is 1. The van der Waals surface area contributed by atoms with Crippen molar-refractivity contribution in [3.05, 3.63) is 27.7 Å². The first-order chi connectivity index (χ1) is 6.66. The van der Waals surface area contributed by atoms with Crippen molar-refractivity contribution in [2.45, 2.75) is 13.0 Å². The molecule has 0 amide bonds. The third-order valence-electron chi connectivity index (χ3n) is 1.91. The molecule has 0 saturated heterocycles. The topological polar surface area (TPSA) is 69.6 Å². The summed E-state index contributed by atoms with van der Waals surface area (Å²) in [5.41, 5.74) is 7.01. The molecule has 74 valence electrons. The van der Waals surface area contributed by atoms with Crippen LogP contribution in [-0.4, -0.2) is 20.2 Å². The smallest absolute Gasteiger partial charge is 0.195 e. The highest BCUT2D eigenvalue weighted by Gasteiger charge is 2.14. The molecule has 2 N–H and O–H groups in total. The highest BCUT2D eigenvalue weighted by atomic mass is 32.1. The Labute approximate surface area is 85.5 Å². The van der Waals surface area contributed by atoms with Gasteiger partial charge in [-0.15, -0.1) is 21.5 Å². The number of nitrogens with two attached hydrogens (primary N) is 1. The van der Waals surface area contributed by atoms with Crippen LogP contribution in [0.2, 0.25) is 0 Å². The van der Waals surface area contributed by atoms with Crippen LogP contribution in [0.4, 0.5) is 0 Å². The molecule has 2 aromatic heterocycles. The van der Waals surface area contributed by atoms with E-state index in [1.54, 1.807) is 18.4 Å². The van der Waals surface area contributed by atoms with Gasteiger partial charge in [0, 0.05) is 4.88 Å². The first kappa shape index (κ1) is 9.29. The van der Waals surface area contributed by atoms with Crippen LogP contribution in [0.1, 0.15) is 22.3 Å². The Kier molecular flexibility index (Phi) is 2.30. The SMILES string of the molecule is Cc1cc(C(N)c2nnn(C)n2)cs1. The molecule has 0 radical (unpaired) electrons. The van der Waals surface area contributed by atoms with Crippen molar-refractivity contribution in [1.82, 2.24) is 20.2 Å². The van der Waals surface area contributed by atoms with Gasteiger partial charge in [0.1, 0.15) is 0 Å². The molecule has 0 spiro atoms. The van der Waals surface area contributed by atoms with E-state index in [1.165, 1.54) is 9.67 Å². The van der Waals surface area contributed by atoms with E-state index in [0.717, 1.165) is 5.56 Å². The summed E-state index contributed by atoms with van der Waals surface area (Å²) in [5.74, 6) is 0.560. The summed E-state index contributed by atoms with van der Waals surface area (Å²) in [6.45, 7) is 2.05. The van der Waals surface area contributed by atoms with Crippen molar-refractivity contribution in [3.8, 4) is 0 Å². The van der Waals surface area contributed by atoms with Gasteiger partial charge >= 0.3 is 0 Å². The number of tetrazole rings is 1. The lowest BCUT2D eigenvalue weighted by Gasteiger charge is -2.02. The Bertz CT molecular complexity index is 392. The van der Waals surface area contributed by atoms with Gasteiger partial charge in [-0.2, -0.15) is 4.80 Å². The standard InChI is InChI=1S/C8H11N5S/c1-5-3-6(4-14-5)7(9)8-10-12-13(2)11-8/h3-4,7H,9H2,1-2H3. The summed E-state index contributed by atoms with van der Waals surface area (Å²) in [6.07, 6.45) is 0. The third kappa shape index (κ3) is 1.66. The largest absolute Gasteiger partial charge is 0.317 e. The lowest BCUT2D eigenvalue weighted by molar-refractivity contribution is 0.625. The Balaban J connectivity index is 2.28. The number of rotatable bonds is 2. The fourth-order valence-electron chi connectivity index (χ4n) is 1.20. The number of aryl methyl sites for hydroxylation is 2. The first-order valence-electron chi connectivity index (χ1n) is 4.21. The molecule has 6 heteroatoms. The highest BCUT2D eigenvalue weighted by molar-refractivity contribution is 7.10. The fraction of sp³-hybridized carbons (Fsp3) is 0.375. The van der Waals surface area contributed by atoms with E-state index in [2.05, 4.69) is 15.4 Å². The average molecular weight is 209 g/mol. The van der Waals surface area contributed by atoms with Gasteiger partial charge < -0.3 is 5.73 Å². The minimum atomic E-state index is -0.270. The summed E-state index contributed by atoms with van der Waals surface area (Å²) in [5, 5.41) is 13.7. The Morgan fingerprint density at radius 3 is 2.86 bits per heavy atom.